The first-order valence-corrected chi connectivity index (χ1v) is 6.77. The number of aldehydes is 1. The molecule has 0 spiro atoms. The van der Waals surface area contributed by atoms with Crippen LogP contribution in [-0.4, -0.2) is 24.6 Å². The molecule has 19 heavy (non-hydrogen) atoms. The van der Waals surface area contributed by atoms with Crippen LogP contribution in [0.1, 0.15) is 48.5 Å². The van der Waals surface area contributed by atoms with Crippen LogP contribution >= 0.6 is 0 Å². The molecule has 0 aliphatic carbocycles. The van der Waals surface area contributed by atoms with Gasteiger partial charge in [-0.1, -0.05) is 24.6 Å². The van der Waals surface area contributed by atoms with E-state index >= 15 is 0 Å². The number of aliphatic hydroxyl groups excluding tert-OH is 1. The molecular weight excluding hydrogens is 240 g/mol. The van der Waals surface area contributed by atoms with Crippen LogP contribution < -0.4 is 4.74 Å². The summed E-state index contributed by atoms with van der Waals surface area (Å²) in [6.45, 7) is 2.83. The zero-order valence-corrected chi connectivity index (χ0v) is 11.5. The van der Waals surface area contributed by atoms with Crippen molar-refractivity contribution in [2.75, 3.05) is 13.2 Å². The fraction of sp³-hybridized carbons (Fsp3) is 0.438. The number of carbonyl (C=O) groups is 1. The normalized spacial score (nSPS) is 10.8. The van der Waals surface area contributed by atoms with Gasteiger partial charge in [0.05, 0.1) is 6.61 Å². The van der Waals surface area contributed by atoms with Crippen molar-refractivity contribution in [3.05, 3.63) is 35.4 Å². The van der Waals surface area contributed by atoms with Gasteiger partial charge in [0.25, 0.3) is 0 Å². The van der Waals surface area contributed by atoms with Crippen molar-refractivity contribution in [3.63, 3.8) is 0 Å². The van der Waals surface area contributed by atoms with Crippen molar-refractivity contribution in [2.24, 2.45) is 0 Å². The lowest BCUT2D eigenvalue weighted by Crippen LogP contribution is -1.99. The van der Waals surface area contributed by atoms with E-state index in [4.69, 9.17) is 9.84 Å². The third kappa shape index (κ3) is 5.71. The van der Waals surface area contributed by atoms with E-state index in [-0.39, 0.29) is 6.61 Å². The monoisotopic (exact) mass is 262 g/mol. The molecule has 104 valence electrons. The summed E-state index contributed by atoms with van der Waals surface area (Å²) in [5.74, 6) is 0.734. The fourth-order valence-electron chi connectivity index (χ4n) is 1.83. The zero-order chi connectivity index (χ0) is 13.9. The summed E-state index contributed by atoms with van der Waals surface area (Å²) >= 11 is 0. The quantitative estimate of drug-likeness (QED) is 0.547. The summed E-state index contributed by atoms with van der Waals surface area (Å²) in [5.41, 5.74) is 1.56. The lowest BCUT2D eigenvalue weighted by atomic mass is 10.1. The average molecular weight is 262 g/mol. The van der Waals surface area contributed by atoms with Gasteiger partial charge in [-0.05, 0) is 43.9 Å². The van der Waals surface area contributed by atoms with Gasteiger partial charge in [0.2, 0.25) is 0 Å². The molecule has 0 radical (unpaired) electrons. The number of benzene rings is 1. The Morgan fingerprint density at radius 1 is 1.16 bits per heavy atom. The fourth-order valence-corrected chi connectivity index (χ4v) is 1.83. The molecule has 0 bridgehead atoms. The van der Waals surface area contributed by atoms with Gasteiger partial charge in [0.15, 0.2) is 6.29 Å². The number of unbranched alkanes of at least 4 members (excludes halogenated alkanes) is 3. The molecule has 0 heterocycles. The largest absolute Gasteiger partial charge is 0.494 e. The van der Waals surface area contributed by atoms with Gasteiger partial charge in [0.1, 0.15) is 5.75 Å². The summed E-state index contributed by atoms with van der Waals surface area (Å²) in [6, 6.07) is 5.55. The van der Waals surface area contributed by atoms with E-state index in [1.165, 1.54) is 0 Å². The van der Waals surface area contributed by atoms with Crippen LogP contribution in [0.5, 0.6) is 5.75 Å². The molecule has 0 saturated heterocycles. The molecule has 0 saturated carbocycles. The van der Waals surface area contributed by atoms with E-state index in [1.54, 1.807) is 6.07 Å². The maximum absolute atomic E-state index is 11.0. The maximum Gasteiger partial charge on any atom is 0.150 e. The standard InChI is InChI=1S/C16H22O3/c1-2-7-14-8-9-16(12-15(14)13-18)19-11-6-4-3-5-10-17/h2,7-9,12-13,17H,3-6,10-11H2,1H3. The van der Waals surface area contributed by atoms with Gasteiger partial charge in [-0.2, -0.15) is 0 Å². The van der Waals surface area contributed by atoms with Crippen LogP contribution in [0.25, 0.3) is 6.08 Å². The van der Waals surface area contributed by atoms with Gasteiger partial charge in [-0.3, -0.25) is 4.79 Å². The van der Waals surface area contributed by atoms with Gasteiger partial charge in [-0.15, -0.1) is 0 Å². The third-order valence-corrected chi connectivity index (χ3v) is 2.85. The molecular formula is C16H22O3. The molecule has 1 rings (SSSR count). The first-order chi connectivity index (χ1) is 9.31. The van der Waals surface area contributed by atoms with Crippen LogP contribution in [-0.2, 0) is 0 Å². The van der Waals surface area contributed by atoms with Crippen molar-refractivity contribution in [3.8, 4) is 5.75 Å². The molecule has 0 unspecified atom stereocenters. The number of allylic oxidation sites excluding steroid dienone is 1. The Balaban J connectivity index is 2.44. The summed E-state index contributed by atoms with van der Waals surface area (Å²) in [6.07, 6.45) is 8.56. The van der Waals surface area contributed by atoms with E-state index in [9.17, 15) is 4.79 Å². The second kappa shape index (κ2) is 9.34. The van der Waals surface area contributed by atoms with E-state index in [0.717, 1.165) is 43.3 Å². The van der Waals surface area contributed by atoms with Crippen LogP contribution in [0, 0.1) is 0 Å². The molecule has 0 aliphatic rings. The van der Waals surface area contributed by atoms with Gasteiger partial charge < -0.3 is 9.84 Å². The minimum Gasteiger partial charge on any atom is -0.494 e. The number of hydrogen-bond acceptors (Lipinski definition) is 3. The Labute approximate surface area is 114 Å². The highest BCUT2D eigenvalue weighted by Crippen LogP contribution is 2.18. The summed E-state index contributed by atoms with van der Waals surface area (Å²) in [5, 5.41) is 8.66. The molecule has 0 amide bonds. The van der Waals surface area contributed by atoms with E-state index in [1.807, 2.05) is 31.2 Å². The lowest BCUT2D eigenvalue weighted by molar-refractivity contribution is 0.112. The lowest BCUT2D eigenvalue weighted by Gasteiger charge is -2.08. The second-order valence-corrected chi connectivity index (χ2v) is 4.39. The number of ether oxygens (including phenoxy) is 1. The van der Waals surface area contributed by atoms with Crippen molar-refractivity contribution < 1.29 is 14.6 Å². The zero-order valence-electron chi connectivity index (χ0n) is 11.5. The Kier molecular flexibility index (Phi) is 7.59. The Morgan fingerprint density at radius 3 is 2.63 bits per heavy atom. The molecule has 1 aromatic rings. The molecule has 3 heteroatoms. The predicted octanol–water partition coefficient (Wildman–Crippen LogP) is 3.46. The topological polar surface area (TPSA) is 46.5 Å². The third-order valence-electron chi connectivity index (χ3n) is 2.85. The predicted molar refractivity (Wildman–Crippen MR) is 77.6 cm³/mol. The van der Waals surface area contributed by atoms with Crippen LogP contribution in [0.15, 0.2) is 24.3 Å². The summed E-state index contributed by atoms with van der Waals surface area (Å²) in [7, 11) is 0. The Hall–Kier alpha value is -1.61. The first kappa shape index (κ1) is 15.4. The molecule has 1 aromatic carbocycles. The van der Waals surface area contributed by atoms with Crippen molar-refractivity contribution in [1.29, 1.82) is 0 Å². The van der Waals surface area contributed by atoms with Crippen molar-refractivity contribution >= 4 is 12.4 Å². The molecule has 0 aromatic heterocycles. The maximum atomic E-state index is 11.0. The van der Waals surface area contributed by atoms with Crippen molar-refractivity contribution in [2.45, 2.75) is 32.6 Å². The number of hydrogen-bond donors (Lipinski definition) is 1. The second-order valence-electron chi connectivity index (χ2n) is 4.39. The van der Waals surface area contributed by atoms with E-state index in [0.29, 0.717) is 12.2 Å². The number of carbonyl (C=O) groups excluding carboxylic acids is 1. The molecule has 0 aliphatic heterocycles. The molecule has 1 N–H and O–H groups in total. The Morgan fingerprint density at radius 2 is 1.95 bits per heavy atom. The minimum atomic E-state index is 0.260. The molecule has 3 nitrogen and oxygen atoms in total. The van der Waals surface area contributed by atoms with E-state index < -0.39 is 0 Å². The summed E-state index contributed by atoms with van der Waals surface area (Å²) < 4.78 is 5.62. The first-order valence-electron chi connectivity index (χ1n) is 6.77. The van der Waals surface area contributed by atoms with Gasteiger partial charge >= 0.3 is 0 Å². The molecule has 0 fully saturated rings. The van der Waals surface area contributed by atoms with Crippen LogP contribution in [0.2, 0.25) is 0 Å². The molecule has 0 atom stereocenters. The van der Waals surface area contributed by atoms with Gasteiger partial charge in [0, 0.05) is 12.2 Å². The smallest absolute Gasteiger partial charge is 0.150 e. The van der Waals surface area contributed by atoms with Gasteiger partial charge in [-0.25, -0.2) is 0 Å². The number of aliphatic hydroxyl groups is 1. The summed E-state index contributed by atoms with van der Waals surface area (Å²) in [4.78, 5) is 11.0. The minimum absolute atomic E-state index is 0.260. The van der Waals surface area contributed by atoms with Crippen molar-refractivity contribution in [1.82, 2.24) is 0 Å². The average Bonchev–Trinajstić information content (AvgIpc) is 2.44. The Bertz CT molecular complexity index is 410. The van der Waals surface area contributed by atoms with Crippen LogP contribution in [0.3, 0.4) is 0 Å². The highest BCUT2D eigenvalue weighted by Gasteiger charge is 2.01. The van der Waals surface area contributed by atoms with Crippen LogP contribution in [0.4, 0.5) is 0 Å². The highest BCUT2D eigenvalue weighted by molar-refractivity contribution is 5.82. The SMILES string of the molecule is CC=Cc1ccc(OCCCCCCO)cc1C=O. The van der Waals surface area contributed by atoms with E-state index in [2.05, 4.69) is 0 Å². The highest BCUT2D eigenvalue weighted by atomic mass is 16.5. The number of rotatable bonds is 9.